The van der Waals surface area contributed by atoms with Crippen molar-refractivity contribution in [3.8, 4) is 11.3 Å². The molecule has 1 aromatic carbocycles. The van der Waals surface area contributed by atoms with E-state index in [-0.39, 0.29) is 5.56 Å². The normalized spacial score (nSPS) is 11.0. The summed E-state index contributed by atoms with van der Waals surface area (Å²) in [6, 6.07) is 8.05. The minimum atomic E-state index is -0.124. The van der Waals surface area contributed by atoms with Gasteiger partial charge in [0, 0.05) is 18.0 Å². The van der Waals surface area contributed by atoms with Crippen LogP contribution in [-0.4, -0.2) is 14.6 Å². The van der Waals surface area contributed by atoms with Gasteiger partial charge in [-0.05, 0) is 31.5 Å². The maximum atomic E-state index is 11.7. The lowest BCUT2D eigenvalue weighted by Gasteiger charge is -2.03. The molecular weight excluding hydrogens is 226 g/mol. The molecule has 0 bridgehead atoms. The van der Waals surface area contributed by atoms with E-state index in [1.807, 2.05) is 19.9 Å². The first-order valence-corrected chi connectivity index (χ1v) is 5.80. The molecule has 2 aromatic heterocycles. The minimum Gasteiger partial charge on any atom is -0.326 e. The molecule has 1 N–H and O–H groups in total. The van der Waals surface area contributed by atoms with Gasteiger partial charge in [0.2, 0.25) is 0 Å². The maximum absolute atomic E-state index is 11.7. The maximum Gasteiger partial charge on any atom is 0.273 e. The zero-order valence-corrected chi connectivity index (χ0v) is 10.3. The van der Waals surface area contributed by atoms with Crippen molar-refractivity contribution in [1.29, 1.82) is 0 Å². The Morgan fingerprint density at radius 3 is 2.83 bits per heavy atom. The molecule has 3 aromatic rings. The van der Waals surface area contributed by atoms with Gasteiger partial charge < -0.3 is 4.98 Å². The van der Waals surface area contributed by atoms with Crippen LogP contribution in [0.1, 0.15) is 11.1 Å². The second-order valence-corrected chi connectivity index (χ2v) is 4.47. The van der Waals surface area contributed by atoms with Crippen LogP contribution in [-0.2, 0) is 0 Å². The van der Waals surface area contributed by atoms with Gasteiger partial charge in [0.15, 0.2) is 0 Å². The summed E-state index contributed by atoms with van der Waals surface area (Å²) in [5, 5.41) is 4.44. The topological polar surface area (TPSA) is 50.2 Å². The number of hydrogen-bond donors (Lipinski definition) is 1. The lowest BCUT2D eigenvalue weighted by Crippen LogP contribution is -2.07. The summed E-state index contributed by atoms with van der Waals surface area (Å²) in [6.45, 7) is 4.09. The Morgan fingerprint density at radius 1 is 1.22 bits per heavy atom. The molecule has 0 fully saturated rings. The number of hydrogen-bond acceptors (Lipinski definition) is 2. The number of nitrogens with one attached hydrogen (secondary N) is 1. The van der Waals surface area contributed by atoms with Gasteiger partial charge in [-0.3, -0.25) is 4.79 Å². The number of aromatic nitrogens is 3. The molecule has 2 heterocycles. The zero-order chi connectivity index (χ0) is 12.7. The summed E-state index contributed by atoms with van der Waals surface area (Å²) in [5.74, 6) is 0. The van der Waals surface area contributed by atoms with Gasteiger partial charge in [-0.2, -0.15) is 5.10 Å². The highest BCUT2D eigenvalue weighted by Gasteiger charge is 2.09. The molecule has 0 radical (unpaired) electrons. The average molecular weight is 239 g/mol. The molecule has 0 saturated heterocycles. The number of fused-ring (bicyclic) bond motifs is 1. The number of aromatic amines is 1. The molecule has 0 aliphatic rings. The molecule has 3 rings (SSSR count). The van der Waals surface area contributed by atoms with Crippen molar-refractivity contribution in [1.82, 2.24) is 14.6 Å². The molecule has 0 spiro atoms. The summed E-state index contributed by atoms with van der Waals surface area (Å²) >= 11 is 0. The second-order valence-electron chi connectivity index (χ2n) is 4.47. The van der Waals surface area contributed by atoms with Crippen LogP contribution in [0, 0.1) is 13.8 Å². The third-order valence-corrected chi connectivity index (χ3v) is 3.07. The predicted molar refractivity (Wildman–Crippen MR) is 70.7 cm³/mol. The van der Waals surface area contributed by atoms with E-state index in [2.05, 4.69) is 28.3 Å². The van der Waals surface area contributed by atoms with E-state index in [4.69, 9.17) is 0 Å². The first-order chi connectivity index (χ1) is 8.65. The van der Waals surface area contributed by atoms with Gasteiger partial charge in [-0.25, -0.2) is 4.52 Å². The first kappa shape index (κ1) is 10.8. The molecule has 0 unspecified atom stereocenters. The predicted octanol–water partition coefficient (Wildman–Crippen LogP) is 2.31. The van der Waals surface area contributed by atoms with Crippen molar-refractivity contribution in [3.05, 3.63) is 58.1 Å². The van der Waals surface area contributed by atoms with Gasteiger partial charge in [0.1, 0.15) is 5.52 Å². The molecule has 0 saturated carbocycles. The van der Waals surface area contributed by atoms with Gasteiger partial charge in [0.05, 0.1) is 5.69 Å². The average Bonchev–Trinajstić information content (AvgIpc) is 2.77. The van der Waals surface area contributed by atoms with E-state index in [9.17, 15) is 4.79 Å². The zero-order valence-electron chi connectivity index (χ0n) is 10.3. The lowest BCUT2D eigenvalue weighted by atomic mass is 10.0. The highest BCUT2D eigenvalue weighted by molar-refractivity contribution is 5.68. The van der Waals surface area contributed by atoms with Crippen molar-refractivity contribution < 1.29 is 0 Å². The fourth-order valence-electron chi connectivity index (χ4n) is 2.08. The fourth-order valence-corrected chi connectivity index (χ4v) is 2.08. The van der Waals surface area contributed by atoms with Crippen LogP contribution in [0.3, 0.4) is 0 Å². The Hall–Kier alpha value is -2.36. The summed E-state index contributed by atoms with van der Waals surface area (Å²) in [7, 11) is 0. The van der Waals surface area contributed by atoms with Crippen LogP contribution in [0.5, 0.6) is 0 Å². The Morgan fingerprint density at radius 2 is 2.06 bits per heavy atom. The van der Waals surface area contributed by atoms with Crippen LogP contribution in [0.2, 0.25) is 0 Å². The van der Waals surface area contributed by atoms with E-state index < -0.39 is 0 Å². The molecule has 18 heavy (non-hydrogen) atoms. The Bertz CT molecular complexity index is 783. The van der Waals surface area contributed by atoms with Gasteiger partial charge in [-0.15, -0.1) is 0 Å². The van der Waals surface area contributed by atoms with Crippen LogP contribution < -0.4 is 5.56 Å². The first-order valence-electron chi connectivity index (χ1n) is 5.80. The number of benzene rings is 1. The highest BCUT2D eigenvalue weighted by atomic mass is 16.1. The van der Waals surface area contributed by atoms with E-state index in [0.29, 0.717) is 5.52 Å². The van der Waals surface area contributed by atoms with Crippen molar-refractivity contribution in [3.63, 3.8) is 0 Å². The van der Waals surface area contributed by atoms with Gasteiger partial charge in [0.25, 0.3) is 5.56 Å². The number of aryl methyl sites for hydroxylation is 2. The van der Waals surface area contributed by atoms with Crippen molar-refractivity contribution >= 4 is 5.52 Å². The number of rotatable bonds is 1. The third kappa shape index (κ3) is 1.62. The molecule has 0 aliphatic carbocycles. The molecule has 4 nitrogen and oxygen atoms in total. The summed E-state index contributed by atoms with van der Waals surface area (Å²) in [4.78, 5) is 14.3. The summed E-state index contributed by atoms with van der Waals surface area (Å²) in [5.41, 5.74) is 4.67. The number of H-pyrrole nitrogens is 1. The summed E-state index contributed by atoms with van der Waals surface area (Å²) < 4.78 is 1.61. The van der Waals surface area contributed by atoms with E-state index in [1.165, 1.54) is 5.56 Å². The van der Waals surface area contributed by atoms with Crippen LogP contribution in [0.15, 0.2) is 41.5 Å². The molecule has 0 aliphatic heterocycles. The molecule has 0 amide bonds. The molecule has 0 atom stereocenters. The number of nitrogens with zero attached hydrogens (tertiary/aromatic N) is 2. The minimum absolute atomic E-state index is 0.124. The molecular formula is C14H13N3O. The standard InChI is InChI=1S/C14H13N3O/c1-9-3-4-10(2)11(7-9)12-8-13-14(18)15-5-6-17(13)16-12/h3-8H,1-2H3,(H,15,18). The summed E-state index contributed by atoms with van der Waals surface area (Å²) in [6.07, 6.45) is 3.33. The Labute approximate surface area is 104 Å². The highest BCUT2D eigenvalue weighted by Crippen LogP contribution is 2.23. The van der Waals surface area contributed by atoms with E-state index >= 15 is 0 Å². The van der Waals surface area contributed by atoms with Gasteiger partial charge in [-0.1, -0.05) is 17.7 Å². The third-order valence-electron chi connectivity index (χ3n) is 3.07. The SMILES string of the molecule is Cc1ccc(C)c(-c2cc3c(=O)[nH]ccn3n2)c1. The van der Waals surface area contributed by atoms with Crippen LogP contribution in [0.4, 0.5) is 0 Å². The van der Waals surface area contributed by atoms with Gasteiger partial charge >= 0.3 is 0 Å². The second kappa shape index (κ2) is 3.84. The van der Waals surface area contributed by atoms with Crippen LogP contribution in [0.25, 0.3) is 16.8 Å². The molecule has 4 heteroatoms. The smallest absolute Gasteiger partial charge is 0.273 e. The molecule has 90 valence electrons. The largest absolute Gasteiger partial charge is 0.326 e. The van der Waals surface area contributed by atoms with E-state index in [0.717, 1.165) is 16.8 Å². The Kier molecular flexibility index (Phi) is 2.30. The van der Waals surface area contributed by atoms with Crippen molar-refractivity contribution in [2.24, 2.45) is 0 Å². The van der Waals surface area contributed by atoms with E-state index in [1.54, 1.807) is 16.9 Å². The Balaban J connectivity index is 2.29. The van der Waals surface area contributed by atoms with Crippen LogP contribution >= 0.6 is 0 Å². The quantitative estimate of drug-likeness (QED) is 0.708. The van der Waals surface area contributed by atoms with Crippen molar-refractivity contribution in [2.45, 2.75) is 13.8 Å². The fraction of sp³-hybridized carbons (Fsp3) is 0.143. The lowest BCUT2D eigenvalue weighted by molar-refractivity contribution is 0.939. The van der Waals surface area contributed by atoms with Crippen molar-refractivity contribution in [2.75, 3.05) is 0 Å². The monoisotopic (exact) mass is 239 g/mol.